The van der Waals surface area contributed by atoms with E-state index < -0.39 is 95.8 Å². The lowest BCUT2D eigenvalue weighted by Crippen LogP contribution is -2.33. The van der Waals surface area contributed by atoms with Gasteiger partial charge in [-0.15, -0.1) is 0 Å². The van der Waals surface area contributed by atoms with Crippen LogP contribution in [-0.4, -0.2) is 146 Å². The normalized spacial score (nSPS) is 29.3. The number of hydrogen-bond acceptors (Lipinski definition) is 24. The van der Waals surface area contributed by atoms with Crippen LogP contribution in [0.25, 0.3) is 22.3 Å². The number of imidazole rings is 2. The molecular weight excluding hydrogens is 984 g/mol. The standard InChI is InChI=1S/C25H37ClN10O16P4S4/c1-3-4-60-25-32-18(28)12-20(34-25)36(8-30-12)22-16(40)14(38)10(50-22)6-48-56(46,58)52-54(43,44)23(26)53(41,42)51-55(45,57)47-5-9-13(37)15(39)21(49-9)35-7-29-11-17(27)31-24(59-2)33-19(11)35/h7-10,13-16,21-23,37-40H,3-6H2,1-2H3,(H,41,42)(H,43,44)(H,45,57)(H,46,58)(H2,27,31,33)(H2,28,32,34)/t9-,10-,13-,14-,15-,16-,21-,22-,23?,55?,56?/m1/s1. The van der Waals surface area contributed by atoms with Gasteiger partial charge in [0.15, 0.2) is 45.7 Å². The van der Waals surface area contributed by atoms with E-state index in [4.69, 9.17) is 65.2 Å². The molecule has 0 spiro atoms. The summed E-state index contributed by atoms with van der Waals surface area (Å²) in [4.78, 5) is 64.6. The molecule has 12 N–H and O–H groups in total. The van der Waals surface area contributed by atoms with E-state index in [1.165, 1.54) is 45.3 Å². The van der Waals surface area contributed by atoms with Gasteiger partial charge >= 0.3 is 28.6 Å². The molecule has 0 bridgehead atoms. The summed E-state index contributed by atoms with van der Waals surface area (Å²) < 4.78 is 59.5. The molecule has 60 heavy (non-hydrogen) atoms. The lowest BCUT2D eigenvalue weighted by atomic mass is 10.1. The number of alkyl halides is 1. The molecule has 334 valence electrons. The molecule has 35 heteroatoms. The highest BCUT2D eigenvalue weighted by atomic mass is 35.5. The summed E-state index contributed by atoms with van der Waals surface area (Å²) in [5, 5.41) is 43.6. The molecule has 0 amide bonds. The zero-order valence-corrected chi connectivity index (χ0v) is 38.2. The van der Waals surface area contributed by atoms with Gasteiger partial charge < -0.3 is 70.0 Å². The molecule has 4 aromatic heterocycles. The third-order valence-electron chi connectivity index (χ3n) is 8.48. The van der Waals surface area contributed by atoms with Crippen LogP contribution in [0.2, 0.25) is 0 Å². The number of halogens is 1. The number of rotatable bonds is 18. The summed E-state index contributed by atoms with van der Waals surface area (Å²) in [6, 6.07) is 0. The first-order valence-corrected chi connectivity index (χ1v) is 28.0. The van der Waals surface area contributed by atoms with Crippen molar-refractivity contribution in [3.8, 4) is 0 Å². The van der Waals surface area contributed by atoms with Crippen LogP contribution in [0, 0.1) is 0 Å². The summed E-state index contributed by atoms with van der Waals surface area (Å²) in [7, 11) is -11.5. The molecule has 6 rings (SSSR count). The maximum absolute atomic E-state index is 13.1. The Hall–Kier alpha value is -1.11. The summed E-state index contributed by atoms with van der Waals surface area (Å²) in [5.74, 6) is 0.780. The molecule has 0 aliphatic carbocycles. The zero-order chi connectivity index (χ0) is 44.1. The average Bonchev–Trinajstić information content (AvgIpc) is 3.92. The number of nitrogens with two attached hydrogens (primary N) is 2. The van der Waals surface area contributed by atoms with Crippen LogP contribution in [0.4, 0.5) is 11.6 Å². The van der Waals surface area contributed by atoms with Gasteiger partial charge in [0.1, 0.15) is 47.7 Å². The molecule has 26 nitrogen and oxygen atoms in total. The van der Waals surface area contributed by atoms with Crippen molar-refractivity contribution in [1.82, 2.24) is 39.0 Å². The molecule has 2 aliphatic rings. The monoisotopic (exact) mass is 1020 g/mol. The number of ether oxygens (including phenoxy) is 2. The maximum Gasteiger partial charge on any atom is 0.365 e. The number of nitrogen functional groups attached to an aromatic ring is 2. The smallest absolute Gasteiger partial charge is 0.365 e. The van der Waals surface area contributed by atoms with Crippen molar-refractivity contribution in [3.63, 3.8) is 0 Å². The van der Waals surface area contributed by atoms with Crippen LogP contribution >= 0.6 is 63.8 Å². The number of aliphatic hydroxyl groups is 4. The second-order valence-corrected chi connectivity index (χ2v) is 25.7. The van der Waals surface area contributed by atoms with Gasteiger partial charge in [0.05, 0.1) is 25.9 Å². The van der Waals surface area contributed by atoms with E-state index >= 15 is 0 Å². The molecule has 13 atom stereocenters. The Morgan fingerprint density at radius 3 is 1.62 bits per heavy atom. The topological polar surface area (TPSA) is 391 Å². The van der Waals surface area contributed by atoms with Crippen molar-refractivity contribution < 1.29 is 76.3 Å². The molecule has 2 saturated heterocycles. The second-order valence-electron chi connectivity index (χ2n) is 12.7. The van der Waals surface area contributed by atoms with Crippen molar-refractivity contribution in [2.24, 2.45) is 0 Å². The fraction of sp³-hybridized carbons (Fsp3) is 0.600. The molecule has 2 fully saturated rings. The van der Waals surface area contributed by atoms with Crippen LogP contribution < -0.4 is 11.5 Å². The maximum atomic E-state index is 13.1. The van der Waals surface area contributed by atoms with Crippen LogP contribution in [-0.2, 0) is 59.9 Å². The first-order valence-electron chi connectivity index (χ1n) is 16.9. The highest BCUT2D eigenvalue weighted by Gasteiger charge is 2.53. The predicted octanol–water partition coefficient (Wildman–Crippen LogP) is 0.686. The van der Waals surface area contributed by atoms with Gasteiger partial charge in [-0.25, -0.2) is 38.5 Å². The quantitative estimate of drug-likeness (QED) is 0.0284. The minimum Gasteiger partial charge on any atom is -0.387 e. The van der Waals surface area contributed by atoms with Crippen LogP contribution in [0.5, 0.6) is 0 Å². The minimum atomic E-state index is -5.74. The van der Waals surface area contributed by atoms with Gasteiger partial charge in [-0.05, 0) is 36.3 Å². The van der Waals surface area contributed by atoms with E-state index in [1.807, 2.05) is 6.92 Å². The van der Waals surface area contributed by atoms with E-state index in [-0.39, 0.29) is 39.1 Å². The Morgan fingerprint density at radius 2 is 1.20 bits per heavy atom. The fourth-order valence-electron chi connectivity index (χ4n) is 5.69. The molecular formula is C25H37ClN10O16P4S4. The summed E-state index contributed by atoms with van der Waals surface area (Å²) in [5.41, 5.74) is 12.7. The Balaban J connectivity index is 1.05. The van der Waals surface area contributed by atoms with E-state index in [0.29, 0.717) is 10.9 Å². The van der Waals surface area contributed by atoms with Crippen LogP contribution in [0.1, 0.15) is 25.8 Å². The van der Waals surface area contributed by atoms with Crippen LogP contribution in [0.15, 0.2) is 23.0 Å². The highest BCUT2D eigenvalue weighted by molar-refractivity contribution is 8.09. The number of aromatic nitrogens is 8. The van der Waals surface area contributed by atoms with Crippen molar-refractivity contribution in [3.05, 3.63) is 12.7 Å². The average molecular weight is 1020 g/mol. The lowest BCUT2D eigenvalue weighted by Gasteiger charge is -2.27. The number of nitrogens with zero attached hydrogens (tertiary/aromatic N) is 8. The molecule has 0 saturated carbocycles. The number of anilines is 2. The SMILES string of the molecule is CCCSc1nc(N)c2ncn([C@@H]3O[C@H](COP(O)(=S)OP(=O)(O)C(Cl)P(=O)(O)OP(O)(=S)OC[C@H]4O[C@@H](n5cnc6c(N)nc(SC)nc65)[C@H](O)[C@@H]4O)[C@@H](O)[C@H]3O)c2n1. The molecule has 0 radical (unpaired) electrons. The van der Waals surface area contributed by atoms with Crippen molar-refractivity contribution in [2.45, 2.75) is 77.6 Å². The summed E-state index contributed by atoms with van der Waals surface area (Å²) in [6.07, 6.45) is -7.26. The van der Waals surface area contributed by atoms with Gasteiger partial charge in [-0.2, -0.15) is 0 Å². The molecule has 0 aromatic carbocycles. The van der Waals surface area contributed by atoms with Gasteiger partial charge in [0.2, 0.25) is 4.86 Å². The summed E-state index contributed by atoms with van der Waals surface area (Å²) in [6.45, 7) is -9.57. The Morgan fingerprint density at radius 1 is 0.783 bits per heavy atom. The van der Waals surface area contributed by atoms with Crippen LogP contribution in [0.3, 0.4) is 0 Å². The van der Waals surface area contributed by atoms with Crippen molar-refractivity contribution >= 4 is 121 Å². The Kier molecular flexibility index (Phi) is 15.1. The van der Waals surface area contributed by atoms with E-state index in [2.05, 4.69) is 38.5 Å². The fourth-order valence-corrected chi connectivity index (χ4v) is 15.8. The van der Waals surface area contributed by atoms with E-state index in [0.717, 1.165) is 6.42 Å². The minimum absolute atomic E-state index is 0.0388. The molecule has 2 aliphatic heterocycles. The van der Waals surface area contributed by atoms with E-state index in [1.54, 1.807) is 6.26 Å². The summed E-state index contributed by atoms with van der Waals surface area (Å²) >= 11 is 17.9. The molecule has 4 aromatic rings. The number of hydrogen-bond donors (Lipinski definition) is 10. The highest BCUT2D eigenvalue weighted by Crippen LogP contribution is 2.76. The zero-order valence-electron chi connectivity index (χ0n) is 30.6. The van der Waals surface area contributed by atoms with Gasteiger partial charge in [0.25, 0.3) is 0 Å². The Bertz CT molecular complexity index is 2430. The predicted molar refractivity (Wildman–Crippen MR) is 220 cm³/mol. The lowest BCUT2D eigenvalue weighted by molar-refractivity contribution is -0.0486. The second kappa shape index (κ2) is 18.8. The molecule has 6 heterocycles. The number of aliphatic hydroxyl groups excluding tert-OH is 4. The van der Waals surface area contributed by atoms with Crippen molar-refractivity contribution in [2.75, 3.05) is 36.7 Å². The third kappa shape index (κ3) is 10.4. The van der Waals surface area contributed by atoms with E-state index in [9.17, 15) is 49.1 Å². The van der Waals surface area contributed by atoms with Crippen molar-refractivity contribution in [1.29, 1.82) is 0 Å². The van der Waals surface area contributed by atoms with Gasteiger partial charge in [0, 0.05) is 5.75 Å². The van der Waals surface area contributed by atoms with Gasteiger partial charge in [-0.1, -0.05) is 42.0 Å². The Labute approximate surface area is 361 Å². The number of fused-ring (bicyclic) bond motifs is 2. The first-order chi connectivity index (χ1) is 28.0. The van der Waals surface area contributed by atoms with Gasteiger partial charge in [-0.3, -0.25) is 18.3 Å². The largest absolute Gasteiger partial charge is 0.387 e. The third-order valence-corrected chi connectivity index (χ3v) is 20.7. The molecule has 5 unspecified atom stereocenters. The number of thioether (sulfide) groups is 2. The first kappa shape index (κ1) is 48.3.